The van der Waals surface area contributed by atoms with Crippen molar-refractivity contribution in [3.8, 4) is 0 Å². The number of amidine groups is 1. The first-order chi connectivity index (χ1) is 8.78. The molecule has 0 heterocycles. The van der Waals surface area contributed by atoms with Crippen LogP contribution in [0.1, 0.15) is 18.1 Å². The Balaban J connectivity index is 3.05. The molecule has 0 aliphatic heterocycles. The molecule has 1 aromatic carbocycles. The van der Waals surface area contributed by atoms with Gasteiger partial charge in [-0.25, -0.2) is 0 Å². The third-order valence-electron chi connectivity index (χ3n) is 2.71. The van der Waals surface area contributed by atoms with Crippen molar-refractivity contribution in [3.05, 3.63) is 29.3 Å². The van der Waals surface area contributed by atoms with Crippen LogP contribution in [0.3, 0.4) is 0 Å². The maximum absolute atomic E-state index is 12.4. The average molecular weight is 275 g/mol. The second-order valence-electron chi connectivity index (χ2n) is 4.11. The lowest BCUT2D eigenvalue weighted by Gasteiger charge is -2.25. The summed E-state index contributed by atoms with van der Waals surface area (Å²) >= 11 is 0. The van der Waals surface area contributed by atoms with Gasteiger partial charge in [0.15, 0.2) is 5.84 Å². The molecular formula is C12H16F3N3O. The first-order valence-corrected chi connectivity index (χ1v) is 5.68. The zero-order chi connectivity index (χ0) is 14.6. The van der Waals surface area contributed by atoms with Gasteiger partial charge in [-0.2, -0.15) is 13.2 Å². The van der Waals surface area contributed by atoms with Gasteiger partial charge in [-0.15, -0.1) is 0 Å². The van der Waals surface area contributed by atoms with Gasteiger partial charge in [0.25, 0.3) is 0 Å². The number of nitrogens with zero attached hydrogens (tertiary/aromatic N) is 2. The van der Waals surface area contributed by atoms with E-state index in [2.05, 4.69) is 5.16 Å². The third-order valence-corrected chi connectivity index (χ3v) is 2.71. The van der Waals surface area contributed by atoms with E-state index in [1.54, 1.807) is 26.0 Å². The standard InChI is InChI=1S/C12H16F3N3O/c1-3-18(7-12(13,14)15)9-4-5-10(8(2)6-9)11(16)17-19/h4-6,19H,3,7H2,1-2H3,(H2,16,17). The lowest BCUT2D eigenvalue weighted by atomic mass is 10.1. The lowest BCUT2D eigenvalue weighted by Crippen LogP contribution is -2.34. The second-order valence-corrected chi connectivity index (χ2v) is 4.11. The molecular weight excluding hydrogens is 259 g/mol. The highest BCUT2D eigenvalue weighted by molar-refractivity contribution is 5.98. The van der Waals surface area contributed by atoms with Crippen LogP contribution in [-0.2, 0) is 0 Å². The van der Waals surface area contributed by atoms with E-state index in [1.165, 1.54) is 11.0 Å². The Hall–Kier alpha value is -1.92. The Labute approximate surface area is 109 Å². The molecule has 0 saturated heterocycles. The first kappa shape index (κ1) is 15.1. The van der Waals surface area contributed by atoms with Crippen molar-refractivity contribution in [2.24, 2.45) is 10.9 Å². The summed E-state index contributed by atoms with van der Waals surface area (Å²) in [5.74, 6) is -0.0667. The van der Waals surface area contributed by atoms with E-state index < -0.39 is 12.7 Å². The van der Waals surface area contributed by atoms with Crippen molar-refractivity contribution in [2.75, 3.05) is 18.0 Å². The van der Waals surface area contributed by atoms with Gasteiger partial charge >= 0.3 is 6.18 Å². The van der Waals surface area contributed by atoms with Crippen LogP contribution in [0.2, 0.25) is 0 Å². The van der Waals surface area contributed by atoms with Gasteiger partial charge in [0.1, 0.15) is 6.54 Å². The van der Waals surface area contributed by atoms with Gasteiger partial charge < -0.3 is 15.8 Å². The Morgan fingerprint density at radius 2 is 2.05 bits per heavy atom. The maximum atomic E-state index is 12.4. The third kappa shape index (κ3) is 4.04. The highest BCUT2D eigenvalue weighted by atomic mass is 19.4. The van der Waals surface area contributed by atoms with Gasteiger partial charge in [0, 0.05) is 17.8 Å². The smallest absolute Gasteiger partial charge is 0.405 e. The molecule has 106 valence electrons. The molecule has 0 saturated carbocycles. The SMILES string of the molecule is CCN(CC(F)(F)F)c1ccc(/C(N)=N/O)c(C)c1. The first-order valence-electron chi connectivity index (χ1n) is 5.68. The van der Waals surface area contributed by atoms with Gasteiger partial charge in [-0.1, -0.05) is 5.16 Å². The number of rotatable bonds is 4. The fourth-order valence-electron chi connectivity index (χ4n) is 1.79. The summed E-state index contributed by atoms with van der Waals surface area (Å²) < 4.78 is 37.3. The molecule has 7 heteroatoms. The largest absolute Gasteiger partial charge is 0.409 e. The van der Waals surface area contributed by atoms with Crippen molar-refractivity contribution >= 4 is 11.5 Å². The van der Waals surface area contributed by atoms with Gasteiger partial charge in [-0.3, -0.25) is 0 Å². The van der Waals surface area contributed by atoms with Crippen LogP contribution in [0, 0.1) is 6.92 Å². The number of hydrogen-bond acceptors (Lipinski definition) is 3. The molecule has 0 aliphatic rings. The summed E-state index contributed by atoms with van der Waals surface area (Å²) in [6, 6.07) is 4.65. The molecule has 0 unspecified atom stereocenters. The topological polar surface area (TPSA) is 61.8 Å². The van der Waals surface area contributed by atoms with Crippen LogP contribution in [0.25, 0.3) is 0 Å². The number of oxime groups is 1. The van der Waals surface area contributed by atoms with E-state index in [0.717, 1.165) is 0 Å². The molecule has 0 atom stereocenters. The molecule has 0 spiro atoms. The lowest BCUT2D eigenvalue weighted by molar-refractivity contribution is -0.119. The van der Waals surface area contributed by atoms with Crippen LogP contribution in [0.5, 0.6) is 0 Å². The summed E-state index contributed by atoms with van der Waals surface area (Å²) in [4.78, 5) is 1.21. The van der Waals surface area contributed by atoms with Crippen molar-refractivity contribution in [2.45, 2.75) is 20.0 Å². The Morgan fingerprint density at radius 1 is 1.42 bits per heavy atom. The fourth-order valence-corrected chi connectivity index (χ4v) is 1.79. The Morgan fingerprint density at radius 3 is 2.47 bits per heavy atom. The highest BCUT2D eigenvalue weighted by Crippen LogP contribution is 2.24. The number of halogens is 3. The van der Waals surface area contributed by atoms with Crippen molar-refractivity contribution in [1.82, 2.24) is 0 Å². The number of hydrogen-bond donors (Lipinski definition) is 2. The number of alkyl halides is 3. The summed E-state index contributed by atoms with van der Waals surface area (Å²) in [5, 5.41) is 11.5. The molecule has 0 amide bonds. The summed E-state index contributed by atoms with van der Waals surface area (Å²) in [7, 11) is 0. The van der Waals surface area contributed by atoms with E-state index in [1.807, 2.05) is 0 Å². The minimum absolute atomic E-state index is 0.0667. The average Bonchev–Trinajstić information content (AvgIpc) is 2.33. The molecule has 1 rings (SSSR count). The molecule has 0 radical (unpaired) electrons. The minimum Gasteiger partial charge on any atom is -0.409 e. The number of nitrogens with two attached hydrogens (primary N) is 1. The second kappa shape index (κ2) is 5.81. The molecule has 0 bridgehead atoms. The van der Waals surface area contributed by atoms with Gasteiger partial charge in [0.05, 0.1) is 0 Å². The molecule has 3 N–H and O–H groups in total. The summed E-state index contributed by atoms with van der Waals surface area (Å²) in [6.45, 7) is 2.57. The minimum atomic E-state index is -4.26. The molecule has 0 aromatic heterocycles. The van der Waals surface area contributed by atoms with Gasteiger partial charge in [0.2, 0.25) is 0 Å². The Kier molecular flexibility index (Phi) is 4.63. The van der Waals surface area contributed by atoms with Crippen LogP contribution in [-0.4, -0.2) is 30.3 Å². The molecule has 1 aromatic rings. The number of aryl methyl sites for hydroxylation is 1. The monoisotopic (exact) mass is 275 g/mol. The van der Waals surface area contributed by atoms with E-state index in [0.29, 0.717) is 16.8 Å². The normalized spacial score (nSPS) is 12.6. The van der Waals surface area contributed by atoms with Crippen molar-refractivity contribution in [1.29, 1.82) is 0 Å². The Bertz CT molecular complexity index is 472. The number of anilines is 1. The van der Waals surface area contributed by atoms with Crippen LogP contribution < -0.4 is 10.6 Å². The molecule has 0 fully saturated rings. The zero-order valence-electron chi connectivity index (χ0n) is 10.7. The van der Waals surface area contributed by atoms with Gasteiger partial charge in [-0.05, 0) is 37.6 Å². The predicted molar refractivity (Wildman–Crippen MR) is 67.6 cm³/mol. The van der Waals surface area contributed by atoms with E-state index in [4.69, 9.17) is 10.9 Å². The predicted octanol–water partition coefficient (Wildman–Crippen LogP) is 2.48. The molecule has 0 aliphatic carbocycles. The van der Waals surface area contributed by atoms with E-state index in [-0.39, 0.29) is 12.4 Å². The molecule has 4 nitrogen and oxygen atoms in total. The summed E-state index contributed by atoms with van der Waals surface area (Å²) in [5.41, 5.74) is 7.05. The van der Waals surface area contributed by atoms with Crippen LogP contribution >= 0.6 is 0 Å². The van der Waals surface area contributed by atoms with Crippen LogP contribution in [0.4, 0.5) is 18.9 Å². The fraction of sp³-hybridized carbons (Fsp3) is 0.417. The highest BCUT2D eigenvalue weighted by Gasteiger charge is 2.30. The zero-order valence-corrected chi connectivity index (χ0v) is 10.7. The molecule has 19 heavy (non-hydrogen) atoms. The van der Waals surface area contributed by atoms with E-state index >= 15 is 0 Å². The quantitative estimate of drug-likeness (QED) is 0.384. The maximum Gasteiger partial charge on any atom is 0.405 e. The van der Waals surface area contributed by atoms with Crippen LogP contribution in [0.15, 0.2) is 23.4 Å². The van der Waals surface area contributed by atoms with Crippen molar-refractivity contribution in [3.63, 3.8) is 0 Å². The summed E-state index contributed by atoms with van der Waals surface area (Å²) in [6.07, 6.45) is -4.26. The van der Waals surface area contributed by atoms with Crippen molar-refractivity contribution < 1.29 is 18.4 Å². The number of benzene rings is 1. The van der Waals surface area contributed by atoms with E-state index in [9.17, 15) is 13.2 Å².